The molecule has 0 bridgehead atoms. The summed E-state index contributed by atoms with van der Waals surface area (Å²) in [5, 5.41) is 0. The third-order valence-corrected chi connectivity index (χ3v) is 2.35. The summed E-state index contributed by atoms with van der Waals surface area (Å²) >= 11 is 0. The summed E-state index contributed by atoms with van der Waals surface area (Å²) in [4.78, 5) is 0. The fraction of sp³-hybridized carbons (Fsp3) is 0.909. The van der Waals surface area contributed by atoms with Gasteiger partial charge < -0.3 is 0 Å². The number of hydrogen-bond donors (Lipinski definition) is 0. The molecule has 0 fully saturated rings. The van der Waals surface area contributed by atoms with E-state index in [4.69, 9.17) is 0 Å². The van der Waals surface area contributed by atoms with Gasteiger partial charge in [-0.05, 0) is 30.6 Å². The maximum absolute atomic E-state index is 4.19. The molecule has 0 amide bonds. The van der Waals surface area contributed by atoms with Crippen LogP contribution in [-0.2, 0) is 0 Å². The molecule has 0 aromatic carbocycles. The fourth-order valence-electron chi connectivity index (χ4n) is 1.61. The summed E-state index contributed by atoms with van der Waals surface area (Å²) in [6.07, 6.45) is 2.57. The van der Waals surface area contributed by atoms with Crippen LogP contribution in [-0.4, -0.2) is 0 Å². The third kappa shape index (κ3) is 4.44. The standard InChI is InChI=1S/C11H23/c1-7-10(8-9(2)3)11(4,5)6/h9-10H,4,7-8H2,1-3,5-6H3. The summed E-state index contributed by atoms with van der Waals surface area (Å²) < 4.78 is 0. The van der Waals surface area contributed by atoms with Gasteiger partial charge in [-0.2, -0.15) is 0 Å². The molecule has 67 valence electrons. The third-order valence-electron chi connectivity index (χ3n) is 2.35. The van der Waals surface area contributed by atoms with Crippen LogP contribution in [0.1, 0.15) is 47.5 Å². The maximum Gasteiger partial charge on any atom is -0.0326 e. The molecule has 0 rings (SSSR count). The first-order valence-corrected chi connectivity index (χ1v) is 4.73. The maximum atomic E-state index is 4.19. The van der Waals surface area contributed by atoms with Gasteiger partial charge in [0.05, 0.1) is 0 Å². The van der Waals surface area contributed by atoms with Crippen molar-refractivity contribution in [1.29, 1.82) is 0 Å². The quantitative estimate of drug-likeness (QED) is 0.577. The molecule has 1 atom stereocenters. The molecule has 0 nitrogen and oxygen atoms in total. The first kappa shape index (κ1) is 11.0. The Hall–Kier alpha value is 0. The highest BCUT2D eigenvalue weighted by Gasteiger charge is 2.23. The van der Waals surface area contributed by atoms with E-state index >= 15 is 0 Å². The molecule has 1 unspecified atom stereocenters. The summed E-state index contributed by atoms with van der Waals surface area (Å²) in [7, 11) is 0. The summed E-state index contributed by atoms with van der Waals surface area (Å²) in [6, 6.07) is 0. The zero-order valence-corrected chi connectivity index (χ0v) is 8.78. The van der Waals surface area contributed by atoms with Crippen LogP contribution in [0.3, 0.4) is 0 Å². The molecule has 0 heteroatoms. The number of rotatable bonds is 4. The van der Waals surface area contributed by atoms with E-state index in [1.807, 2.05) is 0 Å². The van der Waals surface area contributed by atoms with Crippen LogP contribution in [0.5, 0.6) is 0 Å². The SMILES string of the molecule is [CH2]C(C)(C)C(CC)CC(C)C. The Labute approximate surface area is 72.4 Å². The Morgan fingerprint density at radius 2 is 1.73 bits per heavy atom. The van der Waals surface area contributed by atoms with Crippen molar-refractivity contribution in [2.75, 3.05) is 0 Å². The molecule has 11 heavy (non-hydrogen) atoms. The minimum Gasteiger partial charge on any atom is -0.0651 e. The van der Waals surface area contributed by atoms with Crippen molar-refractivity contribution >= 4 is 0 Å². The van der Waals surface area contributed by atoms with Gasteiger partial charge >= 0.3 is 0 Å². The van der Waals surface area contributed by atoms with E-state index in [2.05, 4.69) is 41.5 Å². The lowest BCUT2D eigenvalue weighted by atomic mass is 9.75. The van der Waals surface area contributed by atoms with Gasteiger partial charge in [0.2, 0.25) is 0 Å². The van der Waals surface area contributed by atoms with Gasteiger partial charge in [0.1, 0.15) is 0 Å². The fourth-order valence-corrected chi connectivity index (χ4v) is 1.61. The van der Waals surface area contributed by atoms with Crippen molar-refractivity contribution < 1.29 is 0 Å². The molecule has 0 spiro atoms. The lowest BCUT2D eigenvalue weighted by molar-refractivity contribution is 0.228. The van der Waals surface area contributed by atoms with Crippen molar-refractivity contribution in [3.63, 3.8) is 0 Å². The van der Waals surface area contributed by atoms with E-state index < -0.39 is 0 Å². The topological polar surface area (TPSA) is 0 Å². The van der Waals surface area contributed by atoms with Crippen molar-refractivity contribution in [2.45, 2.75) is 47.5 Å². The van der Waals surface area contributed by atoms with Gasteiger partial charge in [-0.15, -0.1) is 0 Å². The smallest absolute Gasteiger partial charge is 0.0326 e. The van der Waals surface area contributed by atoms with Gasteiger partial charge in [0.25, 0.3) is 0 Å². The zero-order chi connectivity index (χ0) is 9.07. The van der Waals surface area contributed by atoms with Crippen LogP contribution in [0.15, 0.2) is 0 Å². The van der Waals surface area contributed by atoms with E-state index in [0.29, 0.717) is 0 Å². The normalized spacial score (nSPS) is 15.5. The Balaban J connectivity index is 3.96. The highest BCUT2D eigenvalue weighted by atomic mass is 14.3. The van der Waals surface area contributed by atoms with Crippen LogP contribution in [0, 0.1) is 24.2 Å². The zero-order valence-electron chi connectivity index (χ0n) is 8.78. The first-order chi connectivity index (χ1) is 4.88. The van der Waals surface area contributed by atoms with E-state index in [0.717, 1.165) is 11.8 Å². The van der Waals surface area contributed by atoms with Crippen molar-refractivity contribution in [3.8, 4) is 0 Å². The second kappa shape index (κ2) is 4.13. The minimum absolute atomic E-state index is 0.249. The van der Waals surface area contributed by atoms with Gasteiger partial charge in [-0.25, -0.2) is 0 Å². The molecule has 0 saturated heterocycles. The molecule has 0 aliphatic rings. The van der Waals surface area contributed by atoms with Gasteiger partial charge in [0, 0.05) is 0 Å². The molecule has 0 aliphatic heterocycles. The Morgan fingerprint density at radius 1 is 1.27 bits per heavy atom. The van der Waals surface area contributed by atoms with Crippen molar-refractivity contribution in [2.24, 2.45) is 17.3 Å². The predicted molar refractivity (Wildman–Crippen MR) is 52.4 cm³/mol. The van der Waals surface area contributed by atoms with Gasteiger partial charge in [0.15, 0.2) is 0 Å². The lowest BCUT2D eigenvalue weighted by Crippen LogP contribution is -2.21. The molecule has 0 N–H and O–H groups in total. The first-order valence-electron chi connectivity index (χ1n) is 4.73. The van der Waals surface area contributed by atoms with E-state index in [1.165, 1.54) is 12.8 Å². The summed E-state index contributed by atoms with van der Waals surface area (Å²) in [5.41, 5.74) is 0.249. The van der Waals surface area contributed by atoms with Crippen molar-refractivity contribution in [1.82, 2.24) is 0 Å². The van der Waals surface area contributed by atoms with Gasteiger partial charge in [-0.3, -0.25) is 0 Å². The predicted octanol–water partition coefficient (Wildman–Crippen LogP) is 3.92. The molecule has 0 saturated carbocycles. The summed E-state index contributed by atoms with van der Waals surface area (Å²) in [5.74, 6) is 1.59. The van der Waals surface area contributed by atoms with E-state index in [-0.39, 0.29) is 5.41 Å². The van der Waals surface area contributed by atoms with Crippen LogP contribution in [0.4, 0.5) is 0 Å². The summed E-state index contributed by atoms with van der Waals surface area (Å²) in [6.45, 7) is 15.5. The second-order valence-corrected chi connectivity index (χ2v) is 4.72. The molecular formula is C11H23. The van der Waals surface area contributed by atoms with Crippen molar-refractivity contribution in [3.05, 3.63) is 6.92 Å². The molecule has 0 aromatic rings. The average molecular weight is 155 g/mol. The monoisotopic (exact) mass is 155 g/mol. The Kier molecular flexibility index (Phi) is 4.13. The van der Waals surface area contributed by atoms with E-state index in [9.17, 15) is 0 Å². The lowest BCUT2D eigenvalue weighted by Gasteiger charge is -2.31. The van der Waals surface area contributed by atoms with Crippen LogP contribution in [0.25, 0.3) is 0 Å². The van der Waals surface area contributed by atoms with Crippen LogP contribution in [0.2, 0.25) is 0 Å². The van der Waals surface area contributed by atoms with Crippen LogP contribution >= 0.6 is 0 Å². The molecule has 1 radical (unpaired) electrons. The largest absolute Gasteiger partial charge is 0.0651 e. The molecule has 0 aliphatic carbocycles. The highest BCUT2D eigenvalue weighted by Crippen LogP contribution is 2.32. The number of hydrogen-bond acceptors (Lipinski definition) is 0. The molecular weight excluding hydrogens is 132 g/mol. The Morgan fingerprint density at radius 3 is 1.82 bits per heavy atom. The molecule has 0 heterocycles. The molecule has 0 aromatic heterocycles. The van der Waals surface area contributed by atoms with Crippen LogP contribution < -0.4 is 0 Å². The average Bonchev–Trinajstić information content (AvgIpc) is 1.79. The minimum atomic E-state index is 0.249. The Bertz CT molecular complexity index is 95.1. The second-order valence-electron chi connectivity index (χ2n) is 4.72. The highest BCUT2D eigenvalue weighted by molar-refractivity contribution is 4.80. The van der Waals surface area contributed by atoms with Gasteiger partial charge in [-0.1, -0.05) is 41.0 Å². The van der Waals surface area contributed by atoms with E-state index in [1.54, 1.807) is 0 Å².